The van der Waals surface area contributed by atoms with Crippen molar-refractivity contribution in [1.29, 1.82) is 0 Å². The highest BCUT2D eigenvalue weighted by Gasteiger charge is 2.55. The van der Waals surface area contributed by atoms with Gasteiger partial charge >= 0.3 is 0 Å². The number of hydrogen-bond donors (Lipinski definition) is 0. The zero-order chi connectivity index (χ0) is 58.6. The molecule has 14 nitrogen and oxygen atoms in total. The second-order valence-electron chi connectivity index (χ2n) is 28.4. The molecule has 2 aromatic rings. The maximum absolute atomic E-state index is 12.4. The molecule has 0 aromatic heterocycles. The van der Waals surface area contributed by atoms with Crippen molar-refractivity contribution in [1.82, 2.24) is 0 Å². The summed E-state index contributed by atoms with van der Waals surface area (Å²) in [7, 11) is -7.36. The molecule has 14 rings (SSSR count). The molecule has 4 aliphatic heterocycles. The van der Waals surface area contributed by atoms with Crippen molar-refractivity contribution < 1.29 is 63.1 Å². The summed E-state index contributed by atoms with van der Waals surface area (Å²) in [6, 6.07) is 13.6. The summed E-state index contributed by atoms with van der Waals surface area (Å²) in [6.45, 7) is 10.4. The van der Waals surface area contributed by atoms with Crippen LogP contribution >= 0.6 is 45.2 Å². The minimum absolute atomic E-state index is 0.168. The van der Waals surface area contributed by atoms with Crippen molar-refractivity contribution in [2.24, 2.45) is 45.3 Å². The van der Waals surface area contributed by atoms with Crippen LogP contribution in [0.3, 0.4) is 0 Å². The molecule has 0 amide bonds. The van der Waals surface area contributed by atoms with E-state index in [1.165, 1.54) is 98.7 Å². The van der Waals surface area contributed by atoms with Crippen molar-refractivity contribution in [3.05, 3.63) is 59.7 Å². The van der Waals surface area contributed by atoms with Crippen LogP contribution in [0.2, 0.25) is 0 Å². The number of halogens is 2. The Bertz CT molecular complexity index is 2510. The Morgan fingerprint density at radius 2 is 0.631 bits per heavy atom. The van der Waals surface area contributed by atoms with E-state index in [1.807, 2.05) is 13.8 Å². The fourth-order valence-electron chi connectivity index (χ4n) is 18.2. The van der Waals surface area contributed by atoms with Crippen LogP contribution in [0.25, 0.3) is 0 Å². The average molecular weight is 1430 g/mol. The maximum Gasteiger partial charge on any atom is 0.296 e. The van der Waals surface area contributed by atoms with Gasteiger partial charge in [0.25, 0.3) is 20.2 Å². The van der Waals surface area contributed by atoms with E-state index >= 15 is 0 Å². The minimum atomic E-state index is -3.68. The molecule has 12 fully saturated rings. The zero-order valence-electron chi connectivity index (χ0n) is 50.5. The van der Waals surface area contributed by atoms with E-state index in [0.717, 1.165) is 139 Å². The molecular formula is C66H98I2O14S2. The quantitative estimate of drug-likeness (QED) is 0.126. The third-order valence-corrected chi connectivity index (χ3v) is 27.2. The van der Waals surface area contributed by atoms with E-state index in [0.29, 0.717) is 37.3 Å². The molecule has 0 unspecified atom stereocenters. The molecule has 2 aromatic carbocycles. The fraction of sp³-hybridized carbons (Fsp3) is 0.818. The van der Waals surface area contributed by atoms with Crippen molar-refractivity contribution in [2.75, 3.05) is 74.9 Å². The summed E-state index contributed by atoms with van der Waals surface area (Å²) in [6.07, 6.45) is 33.3. The summed E-state index contributed by atoms with van der Waals surface area (Å²) in [5.74, 6) is 1.40. The SMILES string of the molecule is Cc1ccc(S(=O)(=O)OC[C@@H]2CC[C@]3(CCCC4(C3)OCCO4)C2)cc1.Cc1ccc(S(=O)(=O)OC[C@H]2CC[C@]3(CCCC4(C3)OCCO4)C2)cc1.IC[C@@H]1CC[C@]2(CCCC3(C2)OCCO3)C1.IC[C@H]1CC[C@]2(CCCC3(C2)OCCO3)C1. The van der Waals surface area contributed by atoms with Crippen LogP contribution in [0.5, 0.6) is 0 Å². The van der Waals surface area contributed by atoms with Crippen LogP contribution in [-0.4, -0.2) is 115 Å². The molecule has 8 spiro atoms. The van der Waals surface area contributed by atoms with Gasteiger partial charge < -0.3 is 37.9 Å². The molecular weight excluding hydrogens is 1330 g/mol. The Hall–Kier alpha value is -0.600. The Balaban J connectivity index is 0.000000120. The van der Waals surface area contributed by atoms with Gasteiger partial charge in [0, 0.05) is 60.2 Å². The topological polar surface area (TPSA) is 161 Å². The number of alkyl halides is 2. The molecule has 8 aliphatic carbocycles. The Kier molecular flexibility index (Phi) is 21.1. The first-order chi connectivity index (χ1) is 40.3. The van der Waals surface area contributed by atoms with Crippen molar-refractivity contribution >= 4 is 65.4 Å². The number of ether oxygens (including phenoxy) is 8. The first kappa shape index (κ1) is 64.9. The molecule has 8 saturated carbocycles. The number of rotatable bonds is 10. The van der Waals surface area contributed by atoms with E-state index in [1.54, 1.807) is 48.5 Å². The van der Waals surface area contributed by atoms with E-state index in [-0.39, 0.29) is 68.8 Å². The van der Waals surface area contributed by atoms with Gasteiger partial charge in [-0.1, -0.05) is 80.6 Å². The molecule has 84 heavy (non-hydrogen) atoms. The second kappa shape index (κ2) is 27.3. The largest absolute Gasteiger partial charge is 0.348 e. The highest BCUT2D eigenvalue weighted by atomic mass is 127. The lowest BCUT2D eigenvalue weighted by molar-refractivity contribution is -0.202. The van der Waals surface area contributed by atoms with Gasteiger partial charge in [-0.3, -0.25) is 8.37 Å². The molecule has 0 N–H and O–H groups in total. The molecule has 8 atom stereocenters. The first-order valence-corrected chi connectivity index (χ1v) is 38.4. The summed E-state index contributed by atoms with van der Waals surface area (Å²) in [5.41, 5.74) is 3.65. The van der Waals surface area contributed by atoms with Crippen LogP contribution in [0.1, 0.15) is 191 Å². The van der Waals surface area contributed by atoms with Crippen LogP contribution in [0.15, 0.2) is 58.3 Å². The van der Waals surface area contributed by atoms with Gasteiger partial charge in [-0.2, -0.15) is 16.8 Å². The number of hydrogen-bond acceptors (Lipinski definition) is 14. The van der Waals surface area contributed by atoms with Crippen molar-refractivity contribution in [3.63, 3.8) is 0 Å². The van der Waals surface area contributed by atoms with Gasteiger partial charge in [-0.15, -0.1) is 0 Å². The van der Waals surface area contributed by atoms with E-state index < -0.39 is 20.2 Å². The molecule has 12 aliphatic rings. The summed E-state index contributed by atoms with van der Waals surface area (Å²) >= 11 is 5.09. The van der Waals surface area contributed by atoms with Gasteiger partial charge in [-0.05, 0) is 212 Å². The van der Waals surface area contributed by atoms with E-state index in [9.17, 15) is 16.8 Å². The van der Waals surface area contributed by atoms with Gasteiger partial charge in [0.2, 0.25) is 0 Å². The highest BCUT2D eigenvalue weighted by molar-refractivity contribution is 14.1. The molecule has 18 heteroatoms. The number of benzene rings is 2. The normalized spacial score (nSPS) is 35.3. The minimum Gasteiger partial charge on any atom is -0.348 e. The monoisotopic (exact) mass is 1430 g/mol. The predicted molar refractivity (Wildman–Crippen MR) is 338 cm³/mol. The molecule has 472 valence electrons. The smallest absolute Gasteiger partial charge is 0.296 e. The number of aryl methyl sites for hydroxylation is 2. The maximum atomic E-state index is 12.4. The molecule has 0 radical (unpaired) electrons. The van der Waals surface area contributed by atoms with Gasteiger partial charge in [0.05, 0.1) is 75.9 Å². The Morgan fingerprint density at radius 3 is 0.881 bits per heavy atom. The Labute approximate surface area is 530 Å². The average Bonchev–Trinajstić information content (AvgIpc) is 3.27. The van der Waals surface area contributed by atoms with E-state index in [2.05, 4.69) is 45.2 Å². The third kappa shape index (κ3) is 15.6. The fourth-order valence-corrected chi connectivity index (χ4v) is 21.7. The van der Waals surface area contributed by atoms with Crippen LogP contribution in [0.4, 0.5) is 0 Å². The van der Waals surface area contributed by atoms with Crippen molar-refractivity contribution in [2.45, 2.75) is 227 Å². The standard InChI is InChI=1S/2C20H28O5S.2C13H21IO2/c2*1-16-3-5-18(6-4-16)26(21,22)25-14-17-7-10-19(13-17)8-2-9-20(15-19)23-11-12-24-20;2*14-9-11-2-5-12(8-11)3-1-4-13(10-12)15-6-7-16-13/h2*3-6,17H,2,7-15H2,1H3;2*11H,1-10H2/t17-,19+;17-,19-;11-,12+;11-,12-/m0101/s1. The van der Waals surface area contributed by atoms with Crippen molar-refractivity contribution in [3.8, 4) is 0 Å². The molecule has 0 bridgehead atoms. The molecule has 4 heterocycles. The van der Waals surface area contributed by atoms with E-state index in [4.69, 9.17) is 46.3 Å². The first-order valence-electron chi connectivity index (χ1n) is 32.5. The summed E-state index contributed by atoms with van der Waals surface area (Å²) < 4.78 is 110. The lowest BCUT2D eigenvalue weighted by Gasteiger charge is -2.43. The summed E-state index contributed by atoms with van der Waals surface area (Å²) in [5, 5.41) is 0. The van der Waals surface area contributed by atoms with Gasteiger partial charge in [0.15, 0.2) is 23.1 Å². The van der Waals surface area contributed by atoms with Gasteiger partial charge in [-0.25, -0.2) is 0 Å². The lowest BCUT2D eigenvalue weighted by atomic mass is 9.70. The predicted octanol–water partition coefficient (Wildman–Crippen LogP) is 14.7. The van der Waals surface area contributed by atoms with Crippen LogP contribution in [-0.2, 0) is 66.5 Å². The summed E-state index contributed by atoms with van der Waals surface area (Å²) in [4.78, 5) is 0.473. The van der Waals surface area contributed by atoms with Gasteiger partial charge in [0.1, 0.15) is 0 Å². The van der Waals surface area contributed by atoms with Crippen LogP contribution < -0.4 is 0 Å². The highest BCUT2D eigenvalue weighted by Crippen LogP contribution is 2.60. The third-order valence-electron chi connectivity index (χ3n) is 22.1. The van der Waals surface area contributed by atoms with Crippen LogP contribution in [0, 0.1) is 59.2 Å². The lowest BCUT2D eigenvalue weighted by Crippen LogP contribution is -2.41. The second-order valence-corrected chi connectivity index (χ2v) is 33.4. The zero-order valence-corrected chi connectivity index (χ0v) is 56.4. The Morgan fingerprint density at radius 1 is 0.381 bits per heavy atom. The molecule has 4 saturated heterocycles.